The van der Waals surface area contributed by atoms with Gasteiger partial charge >= 0.3 is 0 Å². The van der Waals surface area contributed by atoms with Crippen LogP contribution >= 0.6 is 0 Å². The Labute approximate surface area is 135 Å². The molecule has 3 aromatic rings. The molecule has 2 heterocycles. The number of nitrogens with zero attached hydrogens (tertiary/aromatic N) is 3. The molecule has 0 radical (unpaired) electrons. The van der Waals surface area contributed by atoms with Crippen LogP contribution in [0.4, 0.5) is 5.69 Å². The van der Waals surface area contributed by atoms with Crippen LogP contribution in [0.3, 0.4) is 0 Å². The maximum Gasteiger partial charge on any atom is 0.258 e. The lowest BCUT2D eigenvalue weighted by atomic mass is 10.1. The van der Waals surface area contributed by atoms with Crippen molar-refractivity contribution in [1.29, 1.82) is 0 Å². The first-order valence-corrected chi connectivity index (χ1v) is 7.42. The third-order valence-electron chi connectivity index (χ3n) is 3.63. The number of amides is 1. The van der Waals surface area contributed by atoms with Crippen molar-refractivity contribution in [1.82, 2.24) is 9.97 Å². The Morgan fingerprint density at radius 1 is 0.957 bits per heavy atom. The van der Waals surface area contributed by atoms with Crippen LogP contribution in [0.2, 0.25) is 0 Å². The SMILES string of the molecule is Cc1cnccc1C(=O)N(Cc1cccnc1)c1ccccc1. The summed E-state index contributed by atoms with van der Waals surface area (Å²) >= 11 is 0. The first-order valence-electron chi connectivity index (χ1n) is 7.42. The van der Waals surface area contributed by atoms with Gasteiger partial charge in [0.15, 0.2) is 0 Å². The minimum absolute atomic E-state index is 0.0417. The fourth-order valence-corrected chi connectivity index (χ4v) is 2.42. The summed E-state index contributed by atoms with van der Waals surface area (Å²) in [6, 6.07) is 15.3. The van der Waals surface area contributed by atoms with E-state index < -0.39 is 0 Å². The molecule has 0 bridgehead atoms. The molecule has 4 heteroatoms. The zero-order valence-corrected chi connectivity index (χ0v) is 12.9. The van der Waals surface area contributed by atoms with Crippen LogP contribution in [-0.2, 0) is 6.54 Å². The summed E-state index contributed by atoms with van der Waals surface area (Å²) in [5.41, 5.74) is 3.37. The lowest BCUT2D eigenvalue weighted by Crippen LogP contribution is -2.31. The molecule has 0 saturated carbocycles. The van der Waals surface area contributed by atoms with Gasteiger partial charge in [0, 0.05) is 36.0 Å². The zero-order valence-electron chi connectivity index (χ0n) is 12.9. The molecule has 0 spiro atoms. The lowest BCUT2D eigenvalue weighted by Gasteiger charge is -2.23. The maximum absolute atomic E-state index is 13.0. The quantitative estimate of drug-likeness (QED) is 0.739. The van der Waals surface area contributed by atoms with Crippen molar-refractivity contribution < 1.29 is 4.79 Å². The highest BCUT2D eigenvalue weighted by Crippen LogP contribution is 2.20. The topological polar surface area (TPSA) is 46.1 Å². The van der Waals surface area contributed by atoms with Crippen molar-refractivity contribution in [2.75, 3.05) is 4.90 Å². The first-order chi connectivity index (χ1) is 11.3. The van der Waals surface area contributed by atoms with Crippen molar-refractivity contribution in [3.63, 3.8) is 0 Å². The van der Waals surface area contributed by atoms with Crippen LogP contribution in [0.15, 0.2) is 73.3 Å². The number of para-hydroxylation sites is 1. The molecule has 1 aromatic carbocycles. The van der Waals surface area contributed by atoms with E-state index in [4.69, 9.17) is 0 Å². The van der Waals surface area contributed by atoms with Crippen LogP contribution in [0.5, 0.6) is 0 Å². The molecule has 114 valence electrons. The highest BCUT2D eigenvalue weighted by atomic mass is 16.2. The monoisotopic (exact) mass is 303 g/mol. The maximum atomic E-state index is 13.0. The number of benzene rings is 1. The van der Waals surface area contributed by atoms with E-state index >= 15 is 0 Å². The number of hydrogen-bond donors (Lipinski definition) is 0. The molecule has 23 heavy (non-hydrogen) atoms. The second-order valence-corrected chi connectivity index (χ2v) is 5.28. The Balaban J connectivity index is 1.98. The van der Waals surface area contributed by atoms with Crippen LogP contribution in [0, 0.1) is 6.92 Å². The van der Waals surface area contributed by atoms with Crippen molar-refractivity contribution in [3.8, 4) is 0 Å². The smallest absolute Gasteiger partial charge is 0.258 e. The highest BCUT2D eigenvalue weighted by molar-refractivity contribution is 6.06. The standard InChI is InChI=1S/C19H17N3O/c1-15-12-21-11-9-18(15)19(23)22(17-7-3-2-4-8-17)14-16-6-5-10-20-13-16/h2-13H,14H2,1H3. The van der Waals surface area contributed by atoms with E-state index in [-0.39, 0.29) is 5.91 Å². The molecule has 1 amide bonds. The summed E-state index contributed by atoms with van der Waals surface area (Å²) in [4.78, 5) is 23.0. The number of rotatable bonds is 4. The molecule has 0 aliphatic carbocycles. The van der Waals surface area contributed by atoms with Gasteiger partial charge in [0.2, 0.25) is 0 Å². The Morgan fingerprint density at radius 3 is 2.43 bits per heavy atom. The minimum atomic E-state index is -0.0417. The number of anilines is 1. The number of pyridine rings is 2. The van der Waals surface area contributed by atoms with E-state index in [0.29, 0.717) is 12.1 Å². The Kier molecular flexibility index (Phi) is 4.43. The van der Waals surface area contributed by atoms with E-state index in [1.54, 1.807) is 35.8 Å². The molecule has 2 aromatic heterocycles. The summed E-state index contributed by atoms with van der Waals surface area (Å²) in [5, 5.41) is 0. The van der Waals surface area contributed by atoms with Gasteiger partial charge in [-0.3, -0.25) is 14.8 Å². The fraction of sp³-hybridized carbons (Fsp3) is 0.105. The van der Waals surface area contributed by atoms with Gasteiger partial charge < -0.3 is 4.90 Å². The van der Waals surface area contributed by atoms with E-state index in [2.05, 4.69) is 9.97 Å². The molecule has 0 unspecified atom stereocenters. The summed E-state index contributed by atoms with van der Waals surface area (Å²) in [5.74, 6) is -0.0417. The van der Waals surface area contributed by atoms with Gasteiger partial charge in [0.05, 0.1) is 6.54 Å². The Morgan fingerprint density at radius 2 is 1.74 bits per heavy atom. The summed E-state index contributed by atoms with van der Waals surface area (Å²) in [6.07, 6.45) is 6.86. The molecule has 0 atom stereocenters. The number of carbonyl (C=O) groups is 1. The van der Waals surface area contributed by atoms with Gasteiger partial charge in [-0.05, 0) is 42.3 Å². The van der Waals surface area contributed by atoms with Crippen molar-refractivity contribution >= 4 is 11.6 Å². The number of aromatic nitrogens is 2. The molecule has 0 saturated heterocycles. The van der Waals surface area contributed by atoms with Crippen LogP contribution in [-0.4, -0.2) is 15.9 Å². The molecule has 0 aliphatic rings. The lowest BCUT2D eigenvalue weighted by molar-refractivity contribution is 0.0984. The number of hydrogen-bond acceptors (Lipinski definition) is 3. The second kappa shape index (κ2) is 6.83. The molecule has 3 rings (SSSR count). The largest absolute Gasteiger partial charge is 0.304 e. The van der Waals surface area contributed by atoms with Gasteiger partial charge in [0.25, 0.3) is 5.91 Å². The molecule has 4 nitrogen and oxygen atoms in total. The zero-order chi connectivity index (χ0) is 16.1. The predicted octanol–water partition coefficient (Wildman–Crippen LogP) is 3.63. The predicted molar refractivity (Wildman–Crippen MR) is 90.2 cm³/mol. The summed E-state index contributed by atoms with van der Waals surface area (Å²) in [6.45, 7) is 2.37. The van der Waals surface area contributed by atoms with E-state index in [1.807, 2.05) is 49.4 Å². The van der Waals surface area contributed by atoms with Gasteiger partial charge in [-0.2, -0.15) is 0 Å². The highest BCUT2D eigenvalue weighted by Gasteiger charge is 2.19. The van der Waals surface area contributed by atoms with Crippen LogP contribution < -0.4 is 4.90 Å². The van der Waals surface area contributed by atoms with Crippen molar-refractivity contribution in [2.24, 2.45) is 0 Å². The van der Waals surface area contributed by atoms with Crippen molar-refractivity contribution in [3.05, 3.63) is 90.0 Å². The molecule has 0 fully saturated rings. The minimum Gasteiger partial charge on any atom is -0.304 e. The number of aryl methyl sites for hydroxylation is 1. The average Bonchev–Trinajstić information content (AvgIpc) is 2.61. The summed E-state index contributed by atoms with van der Waals surface area (Å²) in [7, 11) is 0. The Hall–Kier alpha value is -3.01. The summed E-state index contributed by atoms with van der Waals surface area (Å²) < 4.78 is 0. The first kappa shape index (κ1) is 14.9. The molecule has 0 aliphatic heterocycles. The van der Waals surface area contributed by atoms with E-state index in [0.717, 1.165) is 16.8 Å². The van der Waals surface area contributed by atoms with E-state index in [9.17, 15) is 4.79 Å². The number of carbonyl (C=O) groups excluding carboxylic acids is 1. The van der Waals surface area contributed by atoms with Gasteiger partial charge in [-0.15, -0.1) is 0 Å². The van der Waals surface area contributed by atoms with E-state index in [1.165, 1.54) is 0 Å². The molecule has 0 N–H and O–H groups in total. The van der Waals surface area contributed by atoms with Crippen LogP contribution in [0.25, 0.3) is 0 Å². The second-order valence-electron chi connectivity index (χ2n) is 5.28. The van der Waals surface area contributed by atoms with Gasteiger partial charge in [-0.25, -0.2) is 0 Å². The van der Waals surface area contributed by atoms with Gasteiger partial charge in [0.1, 0.15) is 0 Å². The molecular weight excluding hydrogens is 286 g/mol. The fourth-order valence-electron chi connectivity index (χ4n) is 2.42. The molecular formula is C19H17N3O. The van der Waals surface area contributed by atoms with Gasteiger partial charge in [-0.1, -0.05) is 24.3 Å². The third kappa shape index (κ3) is 3.43. The normalized spacial score (nSPS) is 10.3. The Bertz CT molecular complexity index is 788. The average molecular weight is 303 g/mol. The van der Waals surface area contributed by atoms with Crippen LogP contribution in [0.1, 0.15) is 21.5 Å². The third-order valence-corrected chi connectivity index (χ3v) is 3.63. The van der Waals surface area contributed by atoms with Crippen molar-refractivity contribution in [2.45, 2.75) is 13.5 Å².